The van der Waals surface area contributed by atoms with E-state index in [9.17, 15) is 9.59 Å². The molecule has 0 spiro atoms. The molecule has 2 heterocycles. The molecular formula is C19H19N3O2S2. The first-order chi connectivity index (χ1) is 12.6. The Balaban J connectivity index is 2.03. The zero-order valence-electron chi connectivity index (χ0n) is 14.4. The van der Waals surface area contributed by atoms with Gasteiger partial charge in [-0.1, -0.05) is 48.2 Å². The molecule has 26 heavy (non-hydrogen) atoms. The number of thiophene rings is 1. The van der Waals surface area contributed by atoms with Crippen LogP contribution in [0.5, 0.6) is 0 Å². The van der Waals surface area contributed by atoms with Crippen LogP contribution in [0, 0.1) is 0 Å². The molecule has 1 aromatic carbocycles. The van der Waals surface area contributed by atoms with Crippen molar-refractivity contribution < 1.29 is 4.79 Å². The summed E-state index contributed by atoms with van der Waals surface area (Å²) in [6, 6.07) is 11.8. The Bertz CT molecular complexity index is 993. The van der Waals surface area contributed by atoms with E-state index in [1.165, 1.54) is 23.1 Å². The van der Waals surface area contributed by atoms with E-state index in [0.29, 0.717) is 28.5 Å². The van der Waals surface area contributed by atoms with Crippen LogP contribution in [0.4, 0.5) is 0 Å². The highest BCUT2D eigenvalue weighted by Crippen LogP contribution is 2.32. The van der Waals surface area contributed by atoms with Crippen LogP contribution in [0.2, 0.25) is 0 Å². The monoisotopic (exact) mass is 385 g/mol. The number of carbonyl (C=O) groups is 1. The van der Waals surface area contributed by atoms with Crippen LogP contribution in [-0.2, 0) is 11.3 Å². The van der Waals surface area contributed by atoms with Gasteiger partial charge in [0, 0.05) is 18.0 Å². The first-order valence-electron chi connectivity index (χ1n) is 8.24. The summed E-state index contributed by atoms with van der Waals surface area (Å²) in [5.74, 6) is 0.146. The summed E-state index contributed by atoms with van der Waals surface area (Å²) < 4.78 is 1.57. The fraction of sp³-hybridized carbons (Fsp3) is 0.211. The van der Waals surface area contributed by atoms with Crippen molar-refractivity contribution in [3.63, 3.8) is 0 Å². The summed E-state index contributed by atoms with van der Waals surface area (Å²) in [6.07, 6.45) is 1.66. The molecule has 3 rings (SSSR count). The molecule has 7 heteroatoms. The van der Waals surface area contributed by atoms with Gasteiger partial charge in [0.2, 0.25) is 5.91 Å². The maximum absolute atomic E-state index is 12.9. The highest BCUT2D eigenvalue weighted by Gasteiger charge is 2.15. The fourth-order valence-corrected chi connectivity index (χ4v) is 4.44. The van der Waals surface area contributed by atoms with E-state index < -0.39 is 0 Å². The highest BCUT2D eigenvalue weighted by molar-refractivity contribution is 7.99. The first-order valence-corrected chi connectivity index (χ1v) is 10.0. The molecule has 0 saturated heterocycles. The lowest BCUT2D eigenvalue weighted by Crippen LogP contribution is -2.26. The molecule has 5 nitrogen and oxygen atoms in total. The van der Waals surface area contributed by atoms with Crippen LogP contribution in [0.3, 0.4) is 0 Å². The molecule has 0 radical (unpaired) electrons. The molecular weight excluding hydrogens is 366 g/mol. The lowest BCUT2D eigenvalue weighted by molar-refractivity contribution is -0.118. The van der Waals surface area contributed by atoms with E-state index in [1.54, 1.807) is 10.6 Å². The number of amides is 1. The number of rotatable bonds is 7. The van der Waals surface area contributed by atoms with Crippen LogP contribution in [0.15, 0.2) is 59.0 Å². The third kappa shape index (κ3) is 3.89. The molecule has 1 amide bonds. The van der Waals surface area contributed by atoms with Crippen molar-refractivity contribution in [3.8, 4) is 10.4 Å². The van der Waals surface area contributed by atoms with E-state index in [0.717, 1.165) is 10.4 Å². The summed E-state index contributed by atoms with van der Waals surface area (Å²) in [7, 11) is 0. The van der Waals surface area contributed by atoms with Gasteiger partial charge in [-0.3, -0.25) is 14.2 Å². The van der Waals surface area contributed by atoms with E-state index >= 15 is 0 Å². The van der Waals surface area contributed by atoms with Gasteiger partial charge in [-0.05, 0) is 18.6 Å². The first kappa shape index (κ1) is 18.4. The number of nitrogens with zero attached hydrogens (tertiary/aromatic N) is 2. The van der Waals surface area contributed by atoms with E-state index in [4.69, 9.17) is 0 Å². The quantitative estimate of drug-likeness (QED) is 0.384. The van der Waals surface area contributed by atoms with Crippen molar-refractivity contribution in [1.29, 1.82) is 0 Å². The molecule has 0 aliphatic rings. The van der Waals surface area contributed by atoms with Crippen LogP contribution in [0.25, 0.3) is 20.7 Å². The molecule has 0 saturated carbocycles. The van der Waals surface area contributed by atoms with Crippen molar-refractivity contribution in [3.05, 3.63) is 59.4 Å². The highest BCUT2D eigenvalue weighted by atomic mass is 32.2. The molecule has 134 valence electrons. The van der Waals surface area contributed by atoms with Crippen molar-refractivity contribution in [2.75, 3.05) is 12.3 Å². The topological polar surface area (TPSA) is 64.0 Å². The predicted molar refractivity (Wildman–Crippen MR) is 109 cm³/mol. The van der Waals surface area contributed by atoms with Gasteiger partial charge in [-0.15, -0.1) is 17.9 Å². The second-order valence-corrected chi connectivity index (χ2v) is 7.51. The van der Waals surface area contributed by atoms with Gasteiger partial charge in [0.15, 0.2) is 5.16 Å². The third-order valence-electron chi connectivity index (χ3n) is 3.69. The van der Waals surface area contributed by atoms with Gasteiger partial charge in [0.1, 0.15) is 4.83 Å². The largest absolute Gasteiger partial charge is 0.356 e. The van der Waals surface area contributed by atoms with Crippen molar-refractivity contribution in [2.24, 2.45) is 0 Å². The molecule has 0 fully saturated rings. The zero-order chi connectivity index (χ0) is 18.5. The molecule has 0 unspecified atom stereocenters. The Morgan fingerprint density at radius 2 is 2.15 bits per heavy atom. The van der Waals surface area contributed by atoms with Crippen molar-refractivity contribution in [1.82, 2.24) is 14.9 Å². The van der Waals surface area contributed by atoms with Crippen molar-refractivity contribution >= 4 is 39.2 Å². The number of thioether (sulfide) groups is 1. The molecule has 1 N–H and O–H groups in total. The average molecular weight is 386 g/mol. The maximum Gasteiger partial charge on any atom is 0.263 e. The van der Waals surface area contributed by atoms with Crippen LogP contribution >= 0.6 is 23.1 Å². The van der Waals surface area contributed by atoms with E-state index in [-0.39, 0.29) is 17.2 Å². The van der Waals surface area contributed by atoms with E-state index in [1.807, 2.05) is 43.3 Å². The number of aromatic nitrogens is 2. The summed E-state index contributed by atoms with van der Waals surface area (Å²) in [6.45, 7) is 6.53. The number of carbonyl (C=O) groups excluding carboxylic acids is 1. The predicted octanol–water partition coefficient (Wildman–Crippen LogP) is 3.54. The summed E-state index contributed by atoms with van der Waals surface area (Å²) >= 11 is 2.75. The molecule has 0 aliphatic carbocycles. The number of allylic oxidation sites excluding steroid dienone is 1. The van der Waals surface area contributed by atoms with Gasteiger partial charge in [-0.2, -0.15) is 0 Å². The van der Waals surface area contributed by atoms with Crippen molar-refractivity contribution in [2.45, 2.75) is 18.6 Å². The number of fused-ring (bicyclic) bond motifs is 1. The summed E-state index contributed by atoms with van der Waals surface area (Å²) in [5.41, 5.74) is 0.952. The van der Waals surface area contributed by atoms with Gasteiger partial charge >= 0.3 is 0 Å². The Morgan fingerprint density at radius 1 is 1.38 bits per heavy atom. The SMILES string of the molecule is C=CCn1c(SCC(=O)NCC)nc2sc(-c3ccccc3)cc2c1=O. The van der Waals surface area contributed by atoms with E-state index in [2.05, 4.69) is 16.9 Å². The minimum absolute atomic E-state index is 0.0758. The molecule has 2 aromatic heterocycles. The standard InChI is InChI=1S/C19H19N3O2S2/c1-3-10-22-18(24)14-11-15(13-8-6-5-7-9-13)26-17(14)21-19(22)25-12-16(23)20-4-2/h3,5-9,11H,1,4,10,12H2,2H3,(H,20,23). The second-order valence-electron chi connectivity index (χ2n) is 5.54. The number of hydrogen-bond acceptors (Lipinski definition) is 5. The lowest BCUT2D eigenvalue weighted by Gasteiger charge is -2.09. The number of hydrogen-bond donors (Lipinski definition) is 1. The third-order valence-corrected chi connectivity index (χ3v) is 5.75. The second kappa shape index (κ2) is 8.33. The van der Waals surface area contributed by atoms with Gasteiger partial charge < -0.3 is 5.32 Å². The average Bonchev–Trinajstić information content (AvgIpc) is 3.08. The maximum atomic E-state index is 12.9. The minimum atomic E-state index is -0.105. The molecule has 0 aliphatic heterocycles. The molecule has 0 atom stereocenters. The molecule has 0 bridgehead atoms. The number of benzene rings is 1. The Morgan fingerprint density at radius 3 is 2.85 bits per heavy atom. The molecule has 3 aromatic rings. The summed E-state index contributed by atoms with van der Waals surface area (Å²) in [4.78, 5) is 31.0. The fourth-order valence-electron chi connectivity index (χ4n) is 2.52. The van der Waals surface area contributed by atoms with Crippen LogP contribution in [-0.4, -0.2) is 27.8 Å². The van der Waals surface area contributed by atoms with Crippen LogP contribution < -0.4 is 10.9 Å². The minimum Gasteiger partial charge on any atom is -0.356 e. The van der Waals surface area contributed by atoms with Gasteiger partial charge in [0.25, 0.3) is 5.56 Å². The summed E-state index contributed by atoms with van der Waals surface area (Å²) in [5, 5.41) is 3.88. The van der Waals surface area contributed by atoms with Crippen LogP contribution in [0.1, 0.15) is 6.92 Å². The number of nitrogens with one attached hydrogen (secondary N) is 1. The van der Waals surface area contributed by atoms with Gasteiger partial charge in [-0.25, -0.2) is 4.98 Å². The smallest absolute Gasteiger partial charge is 0.263 e. The zero-order valence-corrected chi connectivity index (χ0v) is 16.0. The Labute approximate surface area is 159 Å². The normalized spacial score (nSPS) is 10.8. The van der Waals surface area contributed by atoms with Gasteiger partial charge in [0.05, 0.1) is 11.1 Å². The Hall–Kier alpha value is -2.38. The lowest BCUT2D eigenvalue weighted by atomic mass is 10.2. The Kier molecular flexibility index (Phi) is 5.90.